The molecule has 2 aromatic rings. The zero-order chi connectivity index (χ0) is 21.6. The lowest BCUT2D eigenvalue weighted by atomic mass is 10.1. The van der Waals surface area contributed by atoms with Gasteiger partial charge in [-0.2, -0.15) is 0 Å². The third-order valence-electron chi connectivity index (χ3n) is 3.99. The summed E-state index contributed by atoms with van der Waals surface area (Å²) in [6.07, 6.45) is -1.01. The van der Waals surface area contributed by atoms with E-state index in [4.69, 9.17) is 18.9 Å². The minimum absolute atomic E-state index is 0.113. The van der Waals surface area contributed by atoms with Crippen LogP contribution in [-0.4, -0.2) is 45.1 Å². The summed E-state index contributed by atoms with van der Waals surface area (Å²) in [6, 6.07) is 6.43. The molecule has 29 heavy (non-hydrogen) atoms. The number of amides is 1. The lowest BCUT2D eigenvalue weighted by molar-refractivity contribution is -0.119. The van der Waals surface area contributed by atoms with Crippen molar-refractivity contribution in [2.24, 2.45) is 0 Å². The van der Waals surface area contributed by atoms with E-state index in [1.165, 1.54) is 52.6 Å². The third kappa shape index (κ3) is 5.26. The molecule has 0 fully saturated rings. The monoisotopic (exact) mass is 421 g/mol. The first kappa shape index (κ1) is 22.2. The molecular formula is C20H23NO7S. The molecule has 0 spiro atoms. The van der Waals surface area contributed by atoms with Gasteiger partial charge in [-0.1, -0.05) is 0 Å². The molecule has 0 aliphatic rings. The van der Waals surface area contributed by atoms with Crippen LogP contribution in [0.5, 0.6) is 17.2 Å². The second kappa shape index (κ2) is 9.92. The predicted molar refractivity (Wildman–Crippen MR) is 107 cm³/mol. The quantitative estimate of drug-likeness (QED) is 0.491. The van der Waals surface area contributed by atoms with Gasteiger partial charge < -0.3 is 24.3 Å². The highest BCUT2D eigenvalue weighted by Crippen LogP contribution is 2.40. The van der Waals surface area contributed by atoms with Crippen molar-refractivity contribution in [2.75, 3.05) is 21.3 Å². The summed E-state index contributed by atoms with van der Waals surface area (Å²) in [5.41, 5.74) is 0.113. The van der Waals surface area contributed by atoms with Gasteiger partial charge >= 0.3 is 5.97 Å². The Morgan fingerprint density at radius 2 is 1.69 bits per heavy atom. The molecule has 1 unspecified atom stereocenters. The Kier molecular flexibility index (Phi) is 7.60. The van der Waals surface area contributed by atoms with Crippen LogP contribution in [-0.2, 0) is 16.1 Å². The molecule has 1 aromatic carbocycles. The van der Waals surface area contributed by atoms with Crippen molar-refractivity contribution in [2.45, 2.75) is 26.5 Å². The van der Waals surface area contributed by atoms with E-state index in [0.717, 1.165) is 4.88 Å². The number of ketones is 1. The van der Waals surface area contributed by atoms with Gasteiger partial charge in [0.25, 0.3) is 0 Å². The fourth-order valence-electron chi connectivity index (χ4n) is 2.56. The predicted octanol–water partition coefficient (Wildman–Crippen LogP) is 2.84. The number of Topliss-reactive ketones (excluding diaryl/α,β-unsaturated/α-hetero) is 1. The summed E-state index contributed by atoms with van der Waals surface area (Å²) >= 11 is 1.24. The summed E-state index contributed by atoms with van der Waals surface area (Å²) in [6.45, 7) is 3.26. The van der Waals surface area contributed by atoms with Crippen LogP contribution in [0.3, 0.4) is 0 Å². The Morgan fingerprint density at radius 3 is 2.28 bits per heavy atom. The molecule has 0 aliphatic carbocycles. The Bertz CT molecular complexity index is 906. The molecule has 156 valence electrons. The molecule has 0 bridgehead atoms. The molecule has 1 atom stereocenters. The number of benzene rings is 1. The van der Waals surface area contributed by atoms with Gasteiger partial charge in [-0.3, -0.25) is 9.59 Å². The number of thiophene rings is 1. The van der Waals surface area contributed by atoms with Crippen molar-refractivity contribution < 1.29 is 33.3 Å². The number of hydrogen-bond donors (Lipinski definition) is 1. The fourth-order valence-corrected chi connectivity index (χ4v) is 3.52. The fraction of sp³-hybridized carbons (Fsp3) is 0.350. The normalized spacial score (nSPS) is 11.3. The molecule has 1 aromatic heterocycles. The van der Waals surface area contributed by atoms with E-state index in [0.29, 0.717) is 17.2 Å². The zero-order valence-electron chi connectivity index (χ0n) is 16.9. The number of esters is 1. The Morgan fingerprint density at radius 1 is 1.00 bits per heavy atom. The number of methoxy groups -OCH3 is 3. The molecule has 0 saturated heterocycles. The second-order valence-electron chi connectivity index (χ2n) is 5.97. The van der Waals surface area contributed by atoms with Gasteiger partial charge in [0.15, 0.2) is 17.6 Å². The van der Waals surface area contributed by atoms with Crippen molar-refractivity contribution in [3.8, 4) is 17.2 Å². The van der Waals surface area contributed by atoms with Crippen LogP contribution in [0.2, 0.25) is 0 Å². The highest BCUT2D eigenvalue weighted by Gasteiger charge is 2.26. The third-order valence-corrected chi connectivity index (χ3v) is 5.09. The van der Waals surface area contributed by atoms with Crippen LogP contribution in [0, 0.1) is 0 Å². The molecule has 2 rings (SSSR count). The van der Waals surface area contributed by atoms with Gasteiger partial charge in [0.2, 0.25) is 17.4 Å². The first-order valence-corrected chi connectivity index (χ1v) is 9.51. The first-order valence-electron chi connectivity index (χ1n) is 8.69. The topological polar surface area (TPSA) is 100 Å². The first-order chi connectivity index (χ1) is 13.8. The van der Waals surface area contributed by atoms with Crippen LogP contribution in [0.15, 0.2) is 24.3 Å². The maximum absolute atomic E-state index is 12.6. The van der Waals surface area contributed by atoms with Crippen molar-refractivity contribution in [3.63, 3.8) is 0 Å². The molecule has 9 heteroatoms. The minimum Gasteiger partial charge on any atom is -0.493 e. The molecule has 0 aliphatic heterocycles. The Hall–Kier alpha value is -3.07. The van der Waals surface area contributed by atoms with E-state index in [2.05, 4.69) is 5.32 Å². The van der Waals surface area contributed by atoms with Gasteiger partial charge in [-0.15, -0.1) is 11.3 Å². The van der Waals surface area contributed by atoms with E-state index < -0.39 is 12.1 Å². The van der Waals surface area contributed by atoms with E-state index in [1.54, 1.807) is 18.2 Å². The highest BCUT2D eigenvalue weighted by atomic mass is 32.1. The summed E-state index contributed by atoms with van der Waals surface area (Å²) < 4.78 is 21.1. The Labute approximate surface area is 172 Å². The van der Waals surface area contributed by atoms with Gasteiger partial charge in [0.1, 0.15) is 5.56 Å². The number of ether oxygens (including phenoxy) is 4. The van der Waals surface area contributed by atoms with Crippen LogP contribution >= 0.6 is 11.3 Å². The maximum atomic E-state index is 12.6. The second-order valence-corrected chi connectivity index (χ2v) is 7.14. The van der Waals surface area contributed by atoms with Crippen molar-refractivity contribution in [1.82, 2.24) is 5.32 Å². The molecule has 1 amide bonds. The van der Waals surface area contributed by atoms with Crippen molar-refractivity contribution >= 4 is 29.0 Å². The number of carbonyl (C=O) groups is 3. The molecule has 0 saturated carbocycles. The van der Waals surface area contributed by atoms with Crippen LogP contribution in [0.4, 0.5) is 0 Å². The summed E-state index contributed by atoms with van der Waals surface area (Å²) in [5, 5.41) is 2.67. The average molecular weight is 421 g/mol. The number of rotatable bonds is 9. The van der Waals surface area contributed by atoms with Crippen LogP contribution in [0.25, 0.3) is 0 Å². The SMILES string of the molecule is COc1ccc(C(=O)OC(C)C(=O)c2ccc(CNC(C)=O)s2)c(OC)c1OC. The van der Waals surface area contributed by atoms with Gasteiger partial charge in [-0.25, -0.2) is 4.79 Å². The summed E-state index contributed by atoms with van der Waals surface area (Å²) in [7, 11) is 4.29. The van der Waals surface area contributed by atoms with E-state index in [-0.39, 0.29) is 28.8 Å². The van der Waals surface area contributed by atoms with Crippen molar-refractivity contribution in [1.29, 1.82) is 0 Å². The van der Waals surface area contributed by atoms with Gasteiger partial charge in [0, 0.05) is 11.8 Å². The van der Waals surface area contributed by atoms with Gasteiger partial charge in [-0.05, 0) is 31.2 Å². The smallest absolute Gasteiger partial charge is 0.342 e. The maximum Gasteiger partial charge on any atom is 0.342 e. The van der Waals surface area contributed by atoms with E-state index >= 15 is 0 Å². The zero-order valence-corrected chi connectivity index (χ0v) is 17.7. The largest absolute Gasteiger partial charge is 0.493 e. The highest BCUT2D eigenvalue weighted by molar-refractivity contribution is 7.14. The van der Waals surface area contributed by atoms with E-state index in [9.17, 15) is 14.4 Å². The Balaban J connectivity index is 2.14. The summed E-state index contributed by atoms with van der Waals surface area (Å²) in [5.74, 6) is -0.405. The lowest BCUT2D eigenvalue weighted by Crippen LogP contribution is -2.24. The standard InChI is InChI=1S/C20H23NO7S/c1-11(17(23)16-9-6-13(29-16)10-21-12(2)22)28-20(24)14-7-8-15(25-3)19(27-5)18(14)26-4/h6-9,11H,10H2,1-5H3,(H,21,22). The number of carbonyl (C=O) groups excluding carboxylic acids is 3. The summed E-state index contributed by atoms with van der Waals surface area (Å²) in [4.78, 5) is 37.5. The van der Waals surface area contributed by atoms with Crippen molar-refractivity contribution in [3.05, 3.63) is 39.6 Å². The molecule has 1 heterocycles. The van der Waals surface area contributed by atoms with Crippen LogP contribution < -0.4 is 19.5 Å². The van der Waals surface area contributed by atoms with E-state index in [1.807, 2.05) is 0 Å². The molecule has 8 nitrogen and oxygen atoms in total. The molecule has 0 radical (unpaired) electrons. The number of nitrogens with one attached hydrogen (secondary N) is 1. The molecule has 1 N–H and O–H groups in total. The van der Waals surface area contributed by atoms with Gasteiger partial charge in [0.05, 0.1) is 32.8 Å². The lowest BCUT2D eigenvalue weighted by Gasteiger charge is -2.16. The molecular weight excluding hydrogens is 398 g/mol. The minimum atomic E-state index is -1.01. The van der Waals surface area contributed by atoms with Crippen LogP contribution in [0.1, 0.15) is 38.8 Å². The number of hydrogen-bond acceptors (Lipinski definition) is 8. The average Bonchev–Trinajstić information content (AvgIpc) is 3.19.